The van der Waals surface area contributed by atoms with Crippen molar-refractivity contribution in [1.29, 1.82) is 0 Å². The van der Waals surface area contributed by atoms with Gasteiger partial charge in [0.2, 0.25) is 5.89 Å². The maximum absolute atomic E-state index is 5.96. The van der Waals surface area contributed by atoms with E-state index in [1.54, 1.807) is 6.20 Å². The molecular formula is C20H12N4O. The van der Waals surface area contributed by atoms with Crippen molar-refractivity contribution in [3.63, 3.8) is 0 Å². The number of rotatable bonds is 2. The molecule has 0 saturated carbocycles. The first-order valence-corrected chi connectivity index (χ1v) is 7.93. The molecule has 0 radical (unpaired) electrons. The van der Waals surface area contributed by atoms with Crippen LogP contribution in [0.3, 0.4) is 0 Å². The summed E-state index contributed by atoms with van der Waals surface area (Å²) in [6, 6.07) is 21.5. The van der Waals surface area contributed by atoms with Crippen LogP contribution in [0.15, 0.2) is 77.3 Å². The molecule has 25 heavy (non-hydrogen) atoms. The molecule has 5 heteroatoms. The second-order valence-corrected chi connectivity index (χ2v) is 5.65. The Morgan fingerprint density at radius 3 is 1.96 bits per heavy atom. The molecule has 5 nitrogen and oxygen atoms in total. The van der Waals surface area contributed by atoms with Crippen LogP contribution >= 0.6 is 0 Å². The third kappa shape index (κ3) is 2.25. The van der Waals surface area contributed by atoms with Gasteiger partial charge >= 0.3 is 0 Å². The summed E-state index contributed by atoms with van der Waals surface area (Å²) in [7, 11) is 0. The lowest BCUT2D eigenvalue weighted by Gasteiger charge is -2.07. The number of hydrogen-bond acceptors (Lipinski definition) is 5. The second kappa shape index (κ2) is 5.49. The number of aromatic nitrogens is 4. The van der Waals surface area contributed by atoms with Gasteiger partial charge < -0.3 is 4.42 Å². The minimum Gasteiger partial charge on any atom is -0.415 e. The summed E-state index contributed by atoms with van der Waals surface area (Å²) in [6.45, 7) is 0. The fourth-order valence-electron chi connectivity index (χ4n) is 2.99. The Balaban J connectivity index is 1.81. The Kier molecular flexibility index (Phi) is 3.03. The van der Waals surface area contributed by atoms with Gasteiger partial charge in [-0.15, -0.1) is 10.2 Å². The van der Waals surface area contributed by atoms with Gasteiger partial charge in [-0.05, 0) is 24.3 Å². The molecule has 0 aliphatic heterocycles. The summed E-state index contributed by atoms with van der Waals surface area (Å²) >= 11 is 0. The number of pyridine rings is 2. The van der Waals surface area contributed by atoms with Gasteiger partial charge in [0.15, 0.2) is 0 Å². The van der Waals surface area contributed by atoms with Crippen LogP contribution in [-0.4, -0.2) is 20.2 Å². The summed E-state index contributed by atoms with van der Waals surface area (Å²) in [6.07, 6.45) is 1.70. The van der Waals surface area contributed by atoms with Crippen LogP contribution in [0.4, 0.5) is 0 Å². The minimum absolute atomic E-state index is 0.403. The monoisotopic (exact) mass is 324 g/mol. The number of fused-ring (bicyclic) bond motifs is 2. The van der Waals surface area contributed by atoms with Gasteiger partial charge in [-0.1, -0.05) is 42.5 Å². The fourth-order valence-corrected chi connectivity index (χ4v) is 2.99. The lowest BCUT2D eigenvalue weighted by molar-refractivity contribution is 0.583. The van der Waals surface area contributed by atoms with Crippen molar-refractivity contribution in [2.75, 3.05) is 0 Å². The van der Waals surface area contributed by atoms with Crippen LogP contribution < -0.4 is 0 Å². The van der Waals surface area contributed by atoms with Crippen LogP contribution in [0, 0.1) is 0 Å². The Labute approximate surface area is 143 Å². The smallest absolute Gasteiger partial charge is 0.266 e. The molecule has 0 aliphatic rings. The van der Waals surface area contributed by atoms with Gasteiger partial charge in [-0.25, -0.2) is 4.98 Å². The average Bonchev–Trinajstić information content (AvgIpc) is 3.16. The van der Waals surface area contributed by atoms with E-state index in [0.717, 1.165) is 27.4 Å². The predicted octanol–water partition coefficient (Wildman–Crippen LogP) is 4.50. The van der Waals surface area contributed by atoms with Crippen LogP contribution in [0.2, 0.25) is 0 Å². The lowest BCUT2D eigenvalue weighted by atomic mass is 10.0. The fraction of sp³-hybridized carbons (Fsp3) is 0. The quantitative estimate of drug-likeness (QED) is 0.447. The third-order valence-electron chi connectivity index (χ3n) is 4.11. The van der Waals surface area contributed by atoms with Crippen molar-refractivity contribution in [2.45, 2.75) is 0 Å². The number of hydrogen-bond donors (Lipinski definition) is 0. The first kappa shape index (κ1) is 13.8. The summed E-state index contributed by atoms with van der Waals surface area (Å²) in [5.74, 6) is 0.871. The summed E-state index contributed by atoms with van der Waals surface area (Å²) < 4.78 is 5.96. The summed E-state index contributed by atoms with van der Waals surface area (Å²) in [4.78, 5) is 9.00. The highest BCUT2D eigenvalue weighted by Crippen LogP contribution is 2.34. The number of para-hydroxylation sites is 2. The molecule has 0 aliphatic carbocycles. The van der Waals surface area contributed by atoms with E-state index < -0.39 is 0 Å². The standard InChI is InChI=1S/C20H12N4O/c1-3-9-15-13(7-1)18(14-8-2-4-10-16(14)22-15)20-24-23-19(25-20)17-11-5-6-12-21-17/h1-12H. The topological polar surface area (TPSA) is 64.7 Å². The van der Waals surface area contributed by atoms with E-state index in [2.05, 4.69) is 15.2 Å². The minimum atomic E-state index is 0.403. The molecule has 0 fully saturated rings. The molecule has 2 aromatic carbocycles. The van der Waals surface area contributed by atoms with E-state index in [-0.39, 0.29) is 0 Å². The van der Waals surface area contributed by atoms with Crippen molar-refractivity contribution in [3.8, 4) is 23.0 Å². The van der Waals surface area contributed by atoms with Crippen molar-refractivity contribution >= 4 is 21.8 Å². The summed E-state index contributed by atoms with van der Waals surface area (Å²) in [5.41, 5.74) is 3.35. The van der Waals surface area contributed by atoms with E-state index in [4.69, 9.17) is 9.40 Å². The van der Waals surface area contributed by atoms with Crippen LogP contribution in [-0.2, 0) is 0 Å². The zero-order valence-corrected chi connectivity index (χ0v) is 13.1. The van der Waals surface area contributed by atoms with Gasteiger partial charge in [0, 0.05) is 17.0 Å². The molecule has 0 spiro atoms. The molecule has 0 unspecified atom stereocenters. The molecule has 3 aromatic heterocycles. The molecule has 0 bridgehead atoms. The Hall–Kier alpha value is -3.60. The normalized spacial score (nSPS) is 11.2. The first-order chi connectivity index (χ1) is 12.4. The highest BCUT2D eigenvalue weighted by Gasteiger charge is 2.17. The first-order valence-electron chi connectivity index (χ1n) is 7.93. The van der Waals surface area contributed by atoms with Crippen molar-refractivity contribution in [3.05, 3.63) is 72.9 Å². The van der Waals surface area contributed by atoms with Gasteiger partial charge in [0.25, 0.3) is 5.89 Å². The van der Waals surface area contributed by atoms with Gasteiger partial charge in [-0.3, -0.25) is 4.98 Å². The molecule has 118 valence electrons. The molecule has 5 rings (SSSR count). The maximum atomic E-state index is 5.96. The average molecular weight is 324 g/mol. The Morgan fingerprint density at radius 2 is 1.28 bits per heavy atom. The highest BCUT2D eigenvalue weighted by molar-refractivity contribution is 6.07. The van der Waals surface area contributed by atoms with E-state index >= 15 is 0 Å². The zero-order chi connectivity index (χ0) is 16.6. The van der Waals surface area contributed by atoms with Crippen molar-refractivity contribution in [2.24, 2.45) is 0 Å². The molecule has 0 atom stereocenters. The van der Waals surface area contributed by atoms with Crippen molar-refractivity contribution < 1.29 is 4.42 Å². The molecule has 3 heterocycles. The zero-order valence-electron chi connectivity index (χ0n) is 13.1. The number of benzene rings is 2. The third-order valence-corrected chi connectivity index (χ3v) is 4.11. The van der Waals surface area contributed by atoms with E-state index in [9.17, 15) is 0 Å². The SMILES string of the molecule is c1ccc(-c2nnc(-c3c4ccccc4nc4ccccc34)o2)nc1. The van der Waals surface area contributed by atoms with E-state index in [1.807, 2.05) is 66.7 Å². The van der Waals surface area contributed by atoms with Gasteiger partial charge in [-0.2, -0.15) is 0 Å². The second-order valence-electron chi connectivity index (χ2n) is 5.65. The van der Waals surface area contributed by atoms with Crippen LogP contribution in [0.1, 0.15) is 0 Å². The van der Waals surface area contributed by atoms with Crippen molar-refractivity contribution in [1.82, 2.24) is 20.2 Å². The molecule has 5 aromatic rings. The molecule has 0 saturated heterocycles. The summed E-state index contributed by atoms with van der Waals surface area (Å²) in [5, 5.41) is 10.4. The van der Waals surface area contributed by atoms with E-state index in [1.165, 1.54) is 0 Å². The van der Waals surface area contributed by atoms with E-state index in [0.29, 0.717) is 17.5 Å². The van der Waals surface area contributed by atoms with Crippen LogP contribution in [0.25, 0.3) is 44.8 Å². The van der Waals surface area contributed by atoms with Crippen LogP contribution in [0.5, 0.6) is 0 Å². The van der Waals surface area contributed by atoms with Gasteiger partial charge in [0.1, 0.15) is 5.69 Å². The van der Waals surface area contributed by atoms with Gasteiger partial charge in [0.05, 0.1) is 16.6 Å². The Morgan fingerprint density at radius 1 is 0.640 bits per heavy atom. The molecular weight excluding hydrogens is 312 g/mol. The molecule has 0 N–H and O–H groups in total. The molecule has 0 amide bonds. The lowest BCUT2D eigenvalue weighted by Crippen LogP contribution is -1.89. The predicted molar refractivity (Wildman–Crippen MR) is 95.8 cm³/mol. The Bertz CT molecular complexity index is 1140. The number of nitrogens with zero attached hydrogens (tertiary/aromatic N) is 4. The maximum Gasteiger partial charge on any atom is 0.266 e. The highest BCUT2D eigenvalue weighted by atomic mass is 16.4. The largest absolute Gasteiger partial charge is 0.415 e.